The number of carbonyl (C=O) groups excluding carboxylic acids is 2. The third-order valence-corrected chi connectivity index (χ3v) is 4.20. The number of amides is 1. The Labute approximate surface area is 152 Å². The van der Waals surface area contributed by atoms with E-state index in [0.29, 0.717) is 24.7 Å². The van der Waals surface area contributed by atoms with E-state index in [2.05, 4.69) is 0 Å². The average molecular weight is 355 g/mol. The lowest BCUT2D eigenvalue weighted by Gasteiger charge is -2.17. The number of methoxy groups -OCH3 is 1. The topological polar surface area (TPSA) is 65.1 Å². The molecule has 0 saturated carbocycles. The Morgan fingerprint density at radius 1 is 1.04 bits per heavy atom. The van der Waals surface area contributed by atoms with Gasteiger partial charge in [0.05, 0.1) is 19.6 Å². The fourth-order valence-electron chi connectivity index (χ4n) is 2.85. The Bertz CT molecular complexity index is 770. The number of nitrogens with zero attached hydrogens (tertiary/aromatic N) is 1. The minimum atomic E-state index is -0.490. The Morgan fingerprint density at radius 2 is 1.65 bits per heavy atom. The van der Waals surface area contributed by atoms with Crippen LogP contribution in [0, 0.1) is 5.92 Å². The van der Waals surface area contributed by atoms with Gasteiger partial charge >= 0.3 is 5.97 Å². The highest BCUT2D eigenvalue weighted by molar-refractivity contribution is 5.99. The lowest BCUT2D eigenvalue weighted by molar-refractivity contribution is -0.139. The van der Waals surface area contributed by atoms with Crippen LogP contribution in [0.2, 0.25) is 0 Å². The monoisotopic (exact) mass is 355 g/mol. The Morgan fingerprint density at radius 3 is 2.27 bits per heavy atom. The molecule has 0 aliphatic carbocycles. The Hall–Kier alpha value is -3.02. The van der Waals surface area contributed by atoms with Gasteiger partial charge in [-0.2, -0.15) is 0 Å². The SMILES string of the molecule is CCOc1ccc(N2C[C@@H](C(=O)Oc3ccc(OC)cc3)CC2=O)cc1. The maximum absolute atomic E-state index is 12.4. The van der Waals surface area contributed by atoms with Crippen LogP contribution in [0.25, 0.3) is 0 Å². The third kappa shape index (κ3) is 3.96. The second-order valence-corrected chi connectivity index (χ2v) is 5.93. The fourth-order valence-corrected chi connectivity index (χ4v) is 2.85. The first-order valence-corrected chi connectivity index (χ1v) is 8.49. The molecule has 1 heterocycles. The second-order valence-electron chi connectivity index (χ2n) is 5.93. The summed E-state index contributed by atoms with van der Waals surface area (Å²) in [6.45, 7) is 2.81. The lowest BCUT2D eigenvalue weighted by atomic mass is 10.1. The number of anilines is 1. The van der Waals surface area contributed by atoms with Gasteiger partial charge in [0.25, 0.3) is 0 Å². The summed E-state index contributed by atoms with van der Waals surface area (Å²) < 4.78 is 15.9. The molecule has 0 radical (unpaired) electrons. The predicted molar refractivity (Wildman–Crippen MR) is 96.7 cm³/mol. The molecule has 2 aromatic carbocycles. The predicted octanol–water partition coefficient (Wildman–Crippen LogP) is 3.05. The molecule has 1 amide bonds. The van der Waals surface area contributed by atoms with Crippen LogP contribution in [0.1, 0.15) is 13.3 Å². The number of ether oxygens (including phenoxy) is 3. The number of hydrogen-bond acceptors (Lipinski definition) is 5. The Balaban J connectivity index is 1.63. The summed E-state index contributed by atoms with van der Waals surface area (Å²) >= 11 is 0. The van der Waals surface area contributed by atoms with Gasteiger partial charge in [0.15, 0.2) is 0 Å². The molecule has 136 valence electrons. The standard InChI is InChI=1S/C20H21NO5/c1-3-25-17-6-4-15(5-7-17)21-13-14(12-19(21)22)20(23)26-18-10-8-16(24-2)9-11-18/h4-11,14H,3,12-13H2,1-2H3/t14-/m0/s1. The van der Waals surface area contributed by atoms with Crippen molar-refractivity contribution in [2.24, 2.45) is 5.92 Å². The Kier molecular flexibility index (Phi) is 5.41. The number of rotatable bonds is 6. The van der Waals surface area contributed by atoms with Gasteiger partial charge < -0.3 is 19.1 Å². The van der Waals surface area contributed by atoms with Crippen molar-refractivity contribution in [3.63, 3.8) is 0 Å². The van der Waals surface area contributed by atoms with Crippen molar-refractivity contribution in [3.8, 4) is 17.2 Å². The number of benzene rings is 2. The summed E-state index contributed by atoms with van der Waals surface area (Å²) in [4.78, 5) is 26.3. The van der Waals surface area contributed by atoms with E-state index in [1.807, 2.05) is 31.2 Å². The molecule has 0 aromatic heterocycles. The van der Waals surface area contributed by atoms with Gasteiger partial charge in [0, 0.05) is 18.7 Å². The largest absolute Gasteiger partial charge is 0.497 e. The summed E-state index contributed by atoms with van der Waals surface area (Å²) in [6.07, 6.45) is 0.141. The normalized spacial score (nSPS) is 16.5. The minimum Gasteiger partial charge on any atom is -0.497 e. The highest BCUT2D eigenvalue weighted by atomic mass is 16.5. The molecule has 6 heteroatoms. The van der Waals surface area contributed by atoms with Gasteiger partial charge in [-0.25, -0.2) is 0 Å². The van der Waals surface area contributed by atoms with E-state index >= 15 is 0 Å². The molecule has 0 spiro atoms. The van der Waals surface area contributed by atoms with E-state index in [9.17, 15) is 9.59 Å². The first kappa shape index (κ1) is 17.8. The molecule has 0 unspecified atom stereocenters. The van der Waals surface area contributed by atoms with Gasteiger partial charge in [0.2, 0.25) is 5.91 Å². The summed E-state index contributed by atoms with van der Waals surface area (Å²) in [5.74, 6) is 0.877. The van der Waals surface area contributed by atoms with Crippen LogP contribution in [0.5, 0.6) is 17.2 Å². The first-order chi connectivity index (χ1) is 12.6. The number of hydrogen-bond donors (Lipinski definition) is 0. The molecule has 26 heavy (non-hydrogen) atoms. The van der Waals surface area contributed by atoms with Crippen molar-refractivity contribution in [1.82, 2.24) is 0 Å². The van der Waals surface area contributed by atoms with Crippen molar-refractivity contribution in [2.75, 3.05) is 25.2 Å². The summed E-state index contributed by atoms with van der Waals surface area (Å²) in [5.41, 5.74) is 0.748. The van der Waals surface area contributed by atoms with Crippen molar-refractivity contribution >= 4 is 17.6 Å². The van der Waals surface area contributed by atoms with Gasteiger partial charge in [0.1, 0.15) is 17.2 Å². The minimum absolute atomic E-state index is 0.0918. The molecule has 1 saturated heterocycles. The van der Waals surface area contributed by atoms with E-state index in [4.69, 9.17) is 14.2 Å². The van der Waals surface area contributed by atoms with Gasteiger partial charge in [-0.1, -0.05) is 0 Å². The van der Waals surface area contributed by atoms with Crippen molar-refractivity contribution in [2.45, 2.75) is 13.3 Å². The van der Waals surface area contributed by atoms with E-state index in [1.165, 1.54) is 0 Å². The lowest BCUT2D eigenvalue weighted by Crippen LogP contribution is -2.27. The zero-order chi connectivity index (χ0) is 18.5. The van der Waals surface area contributed by atoms with Crippen molar-refractivity contribution in [1.29, 1.82) is 0 Å². The molecule has 3 rings (SSSR count). The van der Waals surface area contributed by atoms with Crippen LogP contribution < -0.4 is 19.1 Å². The summed E-state index contributed by atoms with van der Waals surface area (Å²) in [7, 11) is 1.57. The maximum atomic E-state index is 12.4. The van der Waals surface area contributed by atoms with Gasteiger partial charge in [-0.05, 0) is 55.5 Å². The molecule has 6 nitrogen and oxygen atoms in total. The van der Waals surface area contributed by atoms with E-state index in [0.717, 1.165) is 11.4 Å². The van der Waals surface area contributed by atoms with Gasteiger partial charge in [-0.15, -0.1) is 0 Å². The highest BCUT2D eigenvalue weighted by Gasteiger charge is 2.36. The smallest absolute Gasteiger partial charge is 0.316 e. The zero-order valence-corrected chi connectivity index (χ0v) is 14.8. The van der Waals surface area contributed by atoms with Gasteiger partial charge in [-0.3, -0.25) is 9.59 Å². The first-order valence-electron chi connectivity index (χ1n) is 8.49. The molecular formula is C20H21NO5. The zero-order valence-electron chi connectivity index (χ0n) is 14.8. The van der Waals surface area contributed by atoms with Crippen molar-refractivity contribution < 1.29 is 23.8 Å². The molecule has 0 bridgehead atoms. The number of esters is 1. The fraction of sp³-hybridized carbons (Fsp3) is 0.300. The van der Waals surface area contributed by atoms with E-state index in [1.54, 1.807) is 36.3 Å². The van der Waals surface area contributed by atoms with E-state index in [-0.39, 0.29) is 12.3 Å². The summed E-state index contributed by atoms with van der Waals surface area (Å²) in [5, 5.41) is 0. The van der Waals surface area contributed by atoms with Crippen LogP contribution in [0.15, 0.2) is 48.5 Å². The van der Waals surface area contributed by atoms with Crippen LogP contribution >= 0.6 is 0 Å². The second kappa shape index (κ2) is 7.91. The highest BCUT2D eigenvalue weighted by Crippen LogP contribution is 2.28. The molecule has 1 aliphatic heterocycles. The molecular weight excluding hydrogens is 334 g/mol. The molecule has 1 aliphatic rings. The molecule has 0 N–H and O–H groups in total. The number of carbonyl (C=O) groups is 2. The van der Waals surface area contributed by atoms with Crippen LogP contribution in [-0.2, 0) is 9.59 Å². The van der Waals surface area contributed by atoms with E-state index < -0.39 is 11.9 Å². The molecule has 1 atom stereocenters. The average Bonchev–Trinajstić information content (AvgIpc) is 3.05. The summed E-state index contributed by atoms with van der Waals surface area (Å²) in [6, 6.07) is 14.0. The van der Waals surface area contributed by atoms with Crippen LogP contribution in [-0.4, -0.2) is 32.1 Å². The quantitative estimate of drug-likeness (QED) is 0.589. The maximum Gasteiger partial charge on any atom is 0.316 e. The van der Waals surface area contributed by atoms with Crippen LogP contribution in [0.4, 0.5) is 5.69 Å². The molecule has 1 fully saturated rings. The molecule has 2 aromatic rings. The van der Waals surface area contributed by atoms with Crippen molar-refractivity contribution in [3.05, 3.63) is 48.5 Å². The third-order valence-electron chi connectivity index (χ3n) is 4.20. The van der Waals surface area contributed by atoms with Crippen LogP contribution in [0.3, 0.4) is 0 Å².